The van der Waals surface area contributed by atoms with Crippen molar-refractivity contribution in [1.82, 2.24) is 9.88 Å². The van der Waals surface area contributed by atoms with Crippen molar-refractivity contribution < 1.29 is 23.0 Å². The Morgan fingerprint density at radius 2 is 1.72 bits per heavy atom. The van der Waals surface area contributed by atoms with Crippen molar-refractivity contribution in [1.29, 1.82) is 0 Å². The van der Waals surface area contributed by atoms with Crippen LogP contribution in [0.3, 0.4) is 0 Å². The molecule has 0 spiro atoms. The normalized spacial score (nSPS) is 10.8. The van der Waals surface area contributed by atoms with E-state index in [4.69, 9.17) is 4.74 Å². The molecule has 0 saturated carbocycles. The van der Waals surface area contributed by atoms with Crippen molar-refractivity contribution in [2.45, 2.75) is 19.5 Å². The number of benzene rings is 2. The van der Waals surface area contributed by atoms with Crippen molar-refractivity contribution in [2.24, 2.45) is 0 Å². The highest BCUT2D eigenvalue weighted by Crippen LogP contribution is 2.29. The van der Waals surface area contributed by atoms with Crippen LogP contribution in [0.4, 0.5) is 8.78 Å². The standard InChI is InChI=1S/C22H22F2N2O3/c1-28-19-9-6-17(14-20(19)29-22(23)24)10-11-25-21(27)15-16-4-7-18(8-5-16)26-12-2-3-13-26/h2-9,12-14,22H,10-11,15H2,1H3,(H,25,27). The van der Waals surface area contributed by atoms with Gasteiger partial charge in [-0.3, -0.25) is 4.79 Å². The summed E-state index contributed by atoms with van der Waals surface area (Å²) in [5.41, 5.74) is 2.70. The average molecular weight is 400 g/mol. The number of ether oxygens (including phenoxy) is 2. The van der Waals surface area contributed by atoms with Crippen LogP contribution in [0.5, 0.6) is 11.5 Å². The number of amides is 1. The molecule has 1 heterocycles. The lowest BCUT2D eigenvalue weighted by Gasteiger charge is -2.12. The summed E-state index contributed by atoms with van der Waals surface area (Å²) in [7, 11) is 1.39. The van der Waals surface area contributed by atoms with E-state index in [1.807, 2.05) is 53.4 Å². The number of nitrogens with zero attached hydrogens (tertiary/aromatic N) is 1. The van der Waals surface area contributed by atoms with E-state index in [2.05, 4.69) is 10.1 Å². The lowest BCUT2D eigenvalue weighted by atomic mass is 10.1. The van der Waals surface area contributed by atoms with E-state index >= 15 is 0 Å². The maximum atomic E-state index is 12.5. The molecule has 1 amide bonds. The van der Waals surface area contributed by atoms with Crippen molar-refractivity contribution in [3.05, 3.63) is 78.1 Å². The summed E-state index contributed by atoms with van der Waals surface area (Å²) in [6, 6.07) is 16.5. The van der Waals surface area contributed by atoms with E-state index in [1.165, 1.54) is 13.2 Å². The molecule has 0 bridgehead atoms. The van der Waals surface area contributed by atoms with Gasteiger partial charge in [0.15, 0.2) is 11.5 Å². The molecule has 0 radical (unpaired) electrons. The molecule has 0 atom stereocenters. The molecule has 0 aliphatic rings. The van der Waals surface area contributed by atoms with Crippen LogP contribution in [0.15, 0.2) is 67.0 Å². The zero-order chi connectivity index (χ0) is 20.6. The Morgan fingerprint density at radius 3 is 2.38 bits per heavy atom. The first-order chi connectivity index (χ1) is 14.0. The van der Waals surface area contributed by atoms with Gasteiger partial charge in [0, 0.05) is 24.6 Å². The topological polar surface area (TPSA) is 52.5 Å². The number of aromatic nitrogens is 1. The molecule has 0 unspecified atom stereocenters. The summed E-state index contributed by atoms with van der Waals surface area (Å²) >= 11 is 0. The highest BCUT2D eigenvalue weighted by molar-refractivity contribution is 5.78. The molecule has 3 aromatic rings. The Morgan fingerprint density at radius 1 is 1.03 bits per heavy atom. The largest absolute Gasteiger partial charge is 0.493 e. The molecular weight excluding hydrogens is 378 g/mol. The van der Waals surface area contributed by atoms with E-state index in [0.29, 0.717) is 13.0 Å². The van der Waals surface area contributed by atoms with Crippen LogP contribution in [0, 0.1) is 0 Å². The number of hydrogen-bond acceptors (Lipinski definition) is 3. The van der Waals surface area contributed by atoms with Gasteiger partial charge in [0.2, 0.25) is 5.91 Å². The first kappa shape index (κ1) is 20.4. The van der Waals surface area contributed by atoms with E-state index in [-0.39, 0.29) is 23.8 Å². The highest BCUT2D eigenvalue weighted by atomic mass is 19.3. The van der Waals surface area contributed by atoms with Crippen LogP contribution < -0.4 is 14.8 Å². The monoisotopic (exact) mass is 400 g/mol. The molecule has 1 aromatic heterocycles. The van der Waals surface area contributed by atoms with Crippen molar-refractivity contribution in [3.63, 3.8) is 0 Å². The fourth-order valence-corrected chi connectivity index (χ4v) is 2.95. The van der Waals surface area contributed by atoms with Gasteiger partial charge < -0.3 is 19.4 Å². The number of methoxy groups -OCH3 is 1. The quantitative estimate of drug-likeness (QED) is 0.591. The molecule has 3 rings (SSSR count). The highest BCUT2D eigenvalue weighted by Gasteiger charge is 2.11. The Bertz CT molecular complexity index is 926. The minimum atomic E-state index is -2.93. The zero-order valence-electron chi connectivity index (χ0n) is 16.0. The smallest absolute Gasteiger partial charge is 0.387 e. The van der Waals surface area contributed by atoms with Gasteiger partial charge in [-0.2, -0.15) is 8.78 Å². The molecule has 2 aromatic carbocycles. The molecule has 0 saturated heterocycles. The number of halogens is 2. The summed E-state index contributed by atoms with van der Waals surface area (Å²) in [5, 5.41) is 2.85. The van der Waals surface area contributed by atoms with Crippen molar-refractivity contribution in [2.75, 3.05) is 13.7 Å². The molecule has 7 heteroatoms. The average Bonchev–Trinajstić information content (AvgIpc) is 3.23. The van der Waals surface area contributed by atoms with E-state index in [0.717, 1.165) is 16.8 Å². The number of hydrogen-bond donors (Lipinski definition) is 1. The minimum absolute atomic E-state index is 0.0193. The van der Waals surface area contributed by atoms with Gasteiger partial charge in [-0.05, 0) is 53.9 Å². The predicted molar refractivity (Wildman–Crippen MR) is 106 cm³/mol. The minimum Gasteiger partial charge on any atom is -0.493 e. The third-order valence-electron chi connectivity index (χ3n) is 4.38. The van der Waals surface area contributed by atoms with Gasteiger partial charge >= 0.3 is 6.61 Å². The summed E-state index contributed by atoms with van der Waals surface area (Å²) in [4.78, 5) is 12.2. The second-order valence-corrected chi connectivity index (χ2v) is 6.40. The Kier molecular flexibility index (Phi) is 6.84. The fourth-order valence-electron chi connectivity index (χ4n) is 2.95. The second kappa shape index (κ2) is 9.73. The van der Waals surface area contributed by atoms with Gasteiger partial charge in [0.1, 0.15) is 0 Å². The van der Waals surface area contributed by atoms with Crippen LogP contribution in [-0.4, -0.2) is 30.7 Å². The van der Waals surface area contributed by atoms with Gasteiger partial charge in [-0.15, -0.1) is 0 Å². The van der Waals surface area contributed by atoms with Gasteiger partial charge in [0.05, 0.1) is 13.5 Å². The summed E-state index contributed by atoms with van der Waals surface area (Å²) in [6.07, 6.45) is 4.67. The lowest BCUT2D eigenvalue weighted by Crippen LogP contribution is -2.27. The molecule has 0 fully saturated rings. The maximum absolute atomic E-state index is 12.5. The van der Waals surface area contributed by atoms with Crippen LogP contribution in [0.1, 0.15) is 11.1 Å². The molecule has 0 aliphatic heterocycles. The predicted octanol–water partition coefficient (Wildman–Crippen LogP) is 3.99. The maximum Gasteiger partial charge on any atom is 0.387 e. The Labute approximate surface area is 167 Å². The number of rotatable bonds is 9. The molecule has 152 valence electrons. The second-order valence-electron chi connectivity index (χ2n) is 6.40. The Balaban J connectivity index is 1.49. The summed E-state index contributed by atoms with van der Waals surface area (Å²) < 4.78 is 36.5. The summed E-state index contributed by atoms with van der Waals surface area (Å²) in [6.45, 7) is -2.54. The fraction of sp³-hybridized carbons (Fsp3) is 0.227. The first-order valence-corrected chi connectivity index (χ1v) is 9.16. The third-order valence-corrected chi connectivity index (χ3v) is 4.38. The van der Waals surface area contributed by atoms with Gasteiger partial charge in [-0.25, -0.2) is 0 Å². The van der Waals surface area contributed by atoms with Crippen LogP contribution in [-0.2, 0) is 17.6 Å². The summed E-state index contributed by atoms with van der Waals surface area (Å²) in [5.74, 6) is 0.117. The van der Waals surface area contributed by atoms with Crippen molar-refractivity contribution in [3.8, 4) is 17.2 Å². The Hall–Kier alpha value is -3.35. The molecule has 0 aliphatic carbocycles. The van der Waals surface area contributed by atoms with E-state index < -0.39 is 6.61 Å². The van der Waals surface area contributed by atoms with Gasteiger partial charge in [-0.1, -0.05) is 18.2 Å². The van der Waals surface area contributed by atoms with E-state index in [1.54, 1.807) is 12.1 Å². The molecule has 29 heavy (non-hydrogen) atoms. The molecule has 1 N–H and O–H groups in total. The SMILES string of the molecule is COc1ccc(CCNC(=O)Cc2ccc(-n3cccc3)cc2)cc1OC(F)F. The molecule has 5 nitrogen and oxygen atoms in total. The number of nitrogens with one attached hydrogen (secondary N) is 1. The lowest BCUT2D eigenvalue weighted by molar-refractivity contribution is -0.120. The number of carbonyl (C=O) groups is 1. The first-order valence-electron chi connectivity index (χ1n) is 9.16. The zero-order valence-corrected chi connectivity index (χ0v) is 16.0. The molecular formula is C22H22F2N2O3. The number of alkyl halides is 2. The van der Waals surface area contributed by atoms with Crippen LogP contribution in [0.2, 0.25) is 0 Å². The third kappa shape index (κ3) is 5.81. The van der Waals surface area contributed by atoms with Gasteiger partial charge in [0.25, 0.3) is 0 Å². The van der Waals surface area contributed by atoms with Crippen LogP contribution in [0.25, 0.3) is 5.69 Å². The van der Waals surface area contributed by atoms with E-state index in [9.17, 15) is 13.6 Å². The number of carbonyl (C=O) groups excluding carboxylic acids is 1. The van der Waals surface area contributed by atoms with Crippen LogP contribution >= 0.6 is 0 Å². The van der Waals surface area contributed by atoms with Crippen molar-refractivity contribution >= 4 is 5.91 Å².